The molecule has 0 saturated carbocycles. The summed E-state index contributed by atoms with van der Waals surface area (Å²) >= 11 is 0. The predicted molar refractivity (Wildman–Crippen MR) is 52.4 cm³/mol. The first-order valence-corrected chi connectivity index (χ1v) is 4.66. The van der Waals surface area contributed by atoms with Crippen LogP contribution in [0.3, 0.4) is 0 Å². The van der Waals surface area contributed by atoms with Crippen molar-refractivity contribution < 1.29 is 9.21 Å². The fourth-order valence-electron chi connectivity index (χ4n) is 1.28. The number of aromatic nitrogens is 3. The topological polar surface area (TPSA) is 84.7 Å². The second-order valence-electron chi connectivity index (χ2n) is 3.02. The van der Waals surface area contributed by atoms with Crippen molar-refractivity contribution in [1.82, 2.24) is 14.8 Å². The monoisotopic (exact) mass is 216 g/mol. The maximum Gasteiger partial charge on any atom is 0.265 e. The van der Waals surface area contributed by atoms with Crippen LogP contribution >= 0.6 is 0 Å². The number of hydrogen-bond donors (Lipinski definition) is 0. The number of carbonyl (C=O) groups is 1. The minimum Gasteiger partial charge on any atom is -0.461 e. The third kappa shape index (κ3) is 1.83. The standard InChI is InChI=1S/C10H8N4O2/c11-4-2-5-14-10(12-7-13-14)9(15)8-3-1-6-16-8/h1,3,6-7H,2,5H2. The van der Waals surface area contributed by atoms with E-state index >= 15 is 0 Å². The van der Waals surface area contributed by atoms with Gasteiger partial charge in [0.2, 0.25) is 5.82 Å². The highest BCUT2D eigenvalue weighted by Gasteiger charge is 2.18. The zero-order valence-corrected chi connectivity index (χ0v) is 8.33. The number of nitrogens with zero attached hydrogens (tertiary/aromatic N) is 4. The van der Waals surface area contributed by atoms with Crippen LogP contribution in [0.25, 0.3) is 0 Å². The molecule has 0 aliphatic rings. The van der Waals surface area contributed by atoms with Gasteiger partial charge in [0.05, 0.1) is 25.3 Å². The number of carbonyl (C=O) groups excluding carboxylic acids is 1. The average Bonchev–Trinajstić information content (AvgIpc) is 2.96. The van der Waals surface area contributed by atoms with Gasteiger partial charge in [0.15, 0.2) is 5.76 Å². The van der Waals surface area contributed by atoms with Gasteiger partial charge < -0.3 is 4.42 Å². The molecule has 6 nitrogen and oxygen atoms in total. The van der Waals surface area contributed by atoms with E-state index in [1.165, 1.54) is 17.3 Å². The van der Waals surface area contributed by atoms with E-state index in [0.29, 0.717) is 6.54 Å². The van der Waals surface area contributed by atoms with Crippen molar-refractivity contribution in [1.29, 1.82) is 5.26 Å². The Morgan fingerprint density at radius 1 is 1.62 bits per heavy atom. The first-order chi connectivity index (χ1) is 7.83. The largest absolute Gasteiger partial charge is 0.461 e. The SMILES string of the molecule is N#CCCn1ncnc1C(=O)c1ccco1. The normalized spacial score (nSPS) is 9.94. The van der Waals surface area contributed by atoms with E-state index < -0.39 is 0 Å². The van der Waals surface area contributed by atoms with E-state index in [4.69, 9.17) is 9.68 Å². The van der Waals surface area contributed by atoms with E-state index in [1.807, 2.05) is 6.07 Å². The fraction of sp³-hybridized carbons (Fsp3) is 0.200. The number of ketones is 1. The van der Waals surface area contributed by atoms with Crippen LogP contribution in [0.2, 0.25) is 0 Å². The molecule has 0 aliphatic heterocycles. The van der Waals surface area contributed by atoms with Gasteiger partial charge in [-0.05, 0) is 12.1 Å². The molecule has 2 heterocycles. The molecule has 80 valence electrons. The average molecular weight is 216 g/mol. The summed E-state index contributed by atoms with van der Waals surface area (Å²) in [6.45, 7) is 0.346. The van der Waals surface area contributed by atoms with Crippen LogP contribution in [0, 0.1) is 11.3 Å². The zero-order valence-electron chi connectivity index (χ0n) is 8.33. The Labute approximate surface area is 91.1 Å². The molecule has 0 amide bonds. The Morgan fingerprint density at radius 2 is 2.50 bits per heavy atom. The highest BCUT2D eigenvalue weighted by molar-refractivity contribution is 6.04. The molecule has 0 atom stereocenters. The highest BCUT2D eigenvalue weighted by Crippen LogP contribution is 2.07. The lowest BCUT2D eigenvalue weighted by atomic mass is 10.3. The number of nitriles is 1. The Bertz CT molecular complexity index is 521. The maximum atomic E-state index is 11.9. The van der Waals surface area contributed by atoms with Gasteiger partial charge in [0, 0.05) is 0 Å². The van der Waals surface area contributed by atoms with Crippen LogP contribution in [-0.2, 0) is 6.54 Å². The number of aryl methyl sites for hydroxylation is 1. The molecule has 0 bridgehead atoms. The van der Waals surface area contributed by atoms with Crippen molar-refractivity contribution in [2.24, 2.45) is 0 Å². The minimum atomic E-state index is -0.333. The van der Waals surface area contributed by atoms with Crippen molar-refractivity contribution in [2.45, 2.75) is 13.0 Å². The summed E-state index contributed by atoms with van der Waals surface area (Å²) in [6, 6.07) is 5.17. The predicted octanol–water partition coefficient (Wildman–Crippen LogP) is 1.02. The summed E-state index contributed by atoms with van der Waals surface area (Å²) in [5.74, 6) is 0.0665. The molecular weight excluding hydrogens is 208 g/mol. The lowest BCUT2D eigenvalue weighted by Gasteiger charge is -2.00. The van der Waals surface area contributed by atoms with Crippen LogP contribution in [-0.4, -0.2) is 20.5 Å². The van der Waals surface area contributed by atoms with Gasteiger partial charge in [-0.15, -0.1) is 0 Å². The summed E-state index contributed by atoms with van der Waals surface area (Å²) in [5.41, 5.74) is 0. The Hall–Kier alpha value is -2.42. The van der Waals surface area contributed by atoms with Crippen molar-refractivity contribution in [2.75, 3.05) is 0 Å². The van der Waals surface area contributed by atoms with Crippen LogP contribution in [0.5, 0.6) is 0 Å². The first kappa shape index (κ1) is 10.1. The molecule has 16 heavy (non-hydrogen) atoms. The number of rotatable bonds is 4. The van der Waals surface area contributed by atoms with E-state index in [-0.39, 0.29) is 23.8 Å². The van der Waals surface area contributed by atoms with Crippen LogP contribution in [0.4, 0.5) is 0 Å². The molecule has 0 unspecified atom stereocenters. The number of furan rings is 1. The molecule has 0 radical (unpaired) electrons. The Morgan fingerprint density at radius 3 is 3.19 bits per heavy atom. The lowest BCUT2D eigenvalue weighted by molar-refractivity contribution is 0.0994. The second kappa shape index (κ2) is 4.40. The third-order valence-corrected chi connectivity index (χ3v) is 2.00. The molecule has 0 spiro atoms. The second-order valence-corrected chi connectivity index (χ2v) is 3.02. The van der Waals surface area contributed by atoms with E-state index in [9.17, 15) is 4.79 Å². The van der Waals surface area contributed by atoms with Gasteiger partial charge in [-0.3, -0.25) is 4.79 Å². The summed E-state index contributed by atoms with van der Waals surface area (Å²) in [4.78, 5) is 15.7. The molecule has 0 aliphatic carbocycles. The summed E-state index contributed by atoms with van der Waals surface area (Å²) < 4.78 is 6.38. The van der Waals surface area contributed by atoms with E-state index in [1.54, 1.807) is 12.1 Å². The van der Waals surface area contributed by atoms with Crippen molar-refractivity contribution in [3.05, 3.63) is 36.3 Å². The Kier molecular flexibility index (Phi) is 2.78. The summed E-state index contributed by atoms with van der Waals surface area (Å²) in [6.07, 6.45) is 2.98. The van der Waals surface area contributed by atoms with Gasteiger partial charge >= 0.3 is 0 Å². The fourth-order valence-corrected chi connectivity index (χ4v) is 1.28. The van der Waals surface area contributed by atoms with Gasteiger partial charge in [0.1, 0.15) is 6.33 Å². The van der Waals surface area contributed by atoms with Gasteiger partial charge in [0.25, 0.3) is 5.78 Å². The highest BCUT2D eigenvalue weighted by atomic mass is 16.3. The minimum absolute atomic E-state index is 0.185. The molecule has 0 aromatic carbocycles. The lowest BCUT2D eigenvalue weighted by Crippen LogP contribution is -2.12. The van der Waals surface area contributed by atoms with E-state index in [0.717, 1.165) is 0 Å². The van der Waals surface area contributed by atoms with Crippen LogP contribution < -0.4 is 0 Å². The molecule has 6 heteroatoms. The molecule has 2 aromatic heterocycles. The van der Waals surface area contributed by atoms with Crippen molar-refractivity contribution in [3.8, 4) is 6.07 Å². The molecule has 0 saturated heterocycles. The molecule has 0 N–H and O–H groups in total. The van der Waals surface area contributed by atoms with Gasteiger partial charge in [-0.1, -0.05) is 0 Å². The van der Waals surface area contributed by atoms with E-state index in [2.05, 4.69) is 10.1 Å². The summed E-state index contributed by atoms with van der Waals surface area (Å²) in [5, 5.41) is 12.3. The molecule has 0 fully saturated rings. The summed E-state index contributed by atoms with van der Waals surface area (Å²) in [7, 11) is 0. The van der Waals surface area contributed by atoms with Gasteiger partial charge in [-0.25, -0.2) is 9.67 Å². The molecular formula is C10H8N4O2. The first-order valence-electron chi connectivity index (χ1n) is 4.66. The van der Waals surface area contributed by atoms with Crippen LogP contribution in [0.15, 0.2) is 29.1 Å². The van der Waals surface area contributed by atoms with Crippen LogP contribution in [0.1, 0.15) is 22.8 Å². The third-order valence-electron chi connectivity index (χ3n) is 2.00. The van der Waals surface area contributed by atoms with Crippen molar-refractivity contribution >= 4 is 5.78 Å². The smallest absolute Gasteiger partial charge is 0.265 e. The maximum absolute atomic E-state index is 11.9. The molecule has 2 aromatic rings. The number of hydrogen-bond acceptors (Lipinski definition) is 5. The molecule has 2 rings (SSSR count). The quantitative estimate of drug-likeness (QED) is 0.712. The van der Waals surface area contributed by atoms with Gasteiger partial charge in [-0.2, -0.15) is 10.4 Å². The Balaban J connectivity index is 2.24. The zero-order chi connectivity index (χ0) is 11.4. The van der Waals surface area contributed by atoms with Crippen molar-refractivity contribution in [3.63, 3.8) is 0 Å².